The Bertz CT molecular complexity index is 1070. The summed E-state index contributed by atoms with van der Waals surface area (Å²) in [6.07, 6.45) is 0. The van der Waals surface area contributed by atoms with Crippen LogP contribution in [0.15, 0.2) is 66.7 Å². The zero-order chi connectivity index (χ0) is 19.5. The van der Waals surface area contributed by atoms with Crippen LogP contribution in [0, 0.1) is 0 Å². The average molecular weight is 393 g/mol. The van der Waals surface area contributed by atoms with E-state index in [0.717, 1.165) is 40.7 Å². The third kappa shape index (κ3) is 4.21. The highest BCUT2D eigenvalue weighted by molar-refractivity contribution is 6.30. The molecule has 3 aromatic carbocycles. The van der Waals surface area contributed by atoms with Crippen LogP contribution in [-0.4, -0.2) is 24.1 Å². The Hall–Kier alpha value is -3.18. The van der Waals surface area contributed by atoms with Gasteiger partial charge in [0, 0.05) is 31.4 Å². The number of aromatic nitrogens is 2. The van der Waals surface area contributed by atoms with Gasteiger partial charge in [0.1, 0.15) is 11.5 Å². The SMILES string of the molecule is CN(C)c1nc2ccc(NCc3ccc(Oc4ccc(Cl)cc4)cc3)cc2[nH]1. The highest BCUT2D eigenvalue weighted by Crippen LogP contribution is 2.24. The summed E-state index contributed by atoms with van der Waals surface area (Å²) in [7, 11) is 3.94. The summed E-state index contributed by atoms with van der Waals surface area (Å²) in [6, 6.07) is 21.5. The minimum atomic E-state index is 0.694. The van der Waals surface area contributed by atoms with Crippen LogP contribution >= 0.6 is 11.6 Å². The van der Waals surface area contributed by atoms with Gasteiger partial charge in [-0.05, 0) is 60.2 Å². The number of benzene rings is 3. The molecular formula is C22H21ClN4O. The van der Waals surface area contributed by atoms with Gasteiger partial charge in [-0.3, -0.25) is 0 Å². The maximum Gasteiger partial charge on any atom is 0.203 e. The first kappa shape index (κ1) is 18.2. The van der Waals surface area contributed by atoms with Gasteiger partial charge in [0.25, 0.3) is 0 Å². The van der Waals surface area contributed by atoms with Gasteiger partial charge in [-0.2, -0.15) is 0 Å². The number of ether oxygens (including phenoxy) is 1. The van der Waals surface area contributed by atoms with Crippen LogP contribution in [0.3, 0.4) is 0 Å². The summed E-state index contributed by atoms with van der Waals surface area (Å²) >= 11 is 5.90. The molecule has 2 N–H and O–H groups in total. The van der Waals surface area contributed by atoms with Gasteiger partial charge in [0.2, 0.25) is 5.95 Å². The quantitative estimate of drug-likeness (QED) is 0.442. The van der Waals surface area contributed by atoms with E-state index in [2.05, 4.69) is 33.5 Å². The first-order valence-electron chi connectivity index (χ1n) is 9.00. The van der Waals surface area contributed by atoms with Crippen molar-refractivity contribution >= 4 is 34.3 Å². The number of fused-ring (bicyclic) bond motifs is 1. The van der Waals surface area contributed by atoms with Gasteiger partial charge >= 0.3 is 0 Å². The predicted octanol–water partition coefficient (Wildman–Crippen LogP) is 5.69. The zero-order valence-corrected chi connectivity index (χ0v) is 16.5. The monoisotopic (exact) mass is 392 g/mol. The maximum absolute atomic E-state index is 5.90. The number of anilines is 2. The molecule has 5 nitrogen and oxygen atoms in total. The molecule has 28 heavy (non-hydrogen) atoms. The topological polar surface area (TPSA) is 53.2 Å². The Morgan fingerprint density at radius 2 is 1.64 bits per heavy atom. The normalized spacial score (nSPS) is 10.8. The summed E-state index contributed by atoms with van der Waals surface area (Å²) in [5.41, 5.74) is 4.18. The molecule has 1 heterocycles. The van der Waals surface area contributed by atoms with Gasteiger partial charge in [0.05, 0.1) is 11.0 Å². The minimum Gasteiger partial charge on any atom is -0.457 e. The lowest BCUT2D eigenvalue weighted by molar-refractivity contribution is 0.482. The van der Waals surface area contributed by atoms with Crippen molar-refractivity contribution in [3.05, 3.63) is 77.3 Å². The molecule has 0 saturated carbocycles. The summed E-state index contributed by atoms with van der Waals surface area (Å²) in [4.78, 5) is 9.82. The number of nitrogens with zero attached hydrogens (tertiary/aromatic N) is 2. The second kappa shape index (κ2) is 7.82. The van der Waals surface area contributed by atoms with Crippen molar-refractivity contribution in [1.82, 2.24) is 9.97 Å². The first-order chi connectivity index (χ1) is 13.6. The zero-order valence-electron chi connectivity index (χ0n) is 15.7. The Morgan fingerprint density at radius 1 is 0.964 bits per heavy atom. The number of hydrogen-bond acceptors (Lipinski definition) is 4. The molecule has 0 aliphatic carbocycles. The van der Waals surface area contributed by atoms with Gasteiger partial charge in [-0.1, -0.05) is 23.7 Å². The van der Waals surface area contributed by atoms with Gasteiger partial charge in [-0.15, -0.1) is 0 Å². The molecule has 142 valence electrons. The smallest absolute Gasteiger partial charge is 0.203 e. The Kier molecular flexibility index (Phi) is 5.08. The standard InChI is InChI=1S/C22H21ClN4O/c1-27(2)22-25-20-12-7-17(13-21(20)26-22)24-14-15-3-8-18(9-4-15)28-19-10-5-16(23)6-11-19/h3-13,24H,14H2,1-2H3,(H,25,26). The molecule has 0 aliphatic rings. The van der Waals surface area contributed by atoms with E-state index in [9.17, 15) is 0 Å². The van der Waals surface area contributed by atoms with Crippen LogP contribution in [0.5, 0.6) is 11.5 Å². The van der Waals surface area contributed by atoms with Gasteiger partial charge in [-0.25, -0.2) is 4.98 Å². The fourth-order valence-electron chi connectivity index (χ4n) is 2.84. The molecule has 0 atom stereocenters. The Labute approximate surface area is 168 Å². The van der Waals surface area contributed by atoms with E-state index < -0.39 is 0 Å². The molecule has 0 spiro atoms. The second-order valence-corrected chi connectivity index (χ2v) is 7.18. The van der Waals surface area contributed by atoms with Crippen molar-refractivity contribution in [2.24, 2.45) is 0 Å². The molecule has 0 bridgehead atoms. The molecule has 1 aromatic heterocycles. The van der Waals surface area contributed by atoms with E-state index in [4.69, 9.17) is 16.3 Å². The molecule has 0 radical (unpaired) electrons. The molecule has 4 rings (SSSR count). The van der Waals surface area contributed by atoms with E-state index in [1.165, 1.54) is 5.56 Å². The number of nitrogens with one attached hydrogen (secondary N) is 2. The second-order valence-electron chi connectivity index (χ2n) is 6.74. The molecule has 0 amide bonds. The number of imidazole rings is 1. The molecule has 0 aliphatic heterocycles. The van der Waals surface area contributed by atoms with Crippen molar-refractivity contribution in [3.63, 3.8) is 0 Å². The van der Waals surface area contributed by atoms with E-state index in [1.54, 1.807) is 0 Å². The lowest BCUT2D eigenvalue weighted by Crippen LogP contribution is -2.09. The molecular weight excluding hydrogens is 372 g/mol. The average Bonchev–Trinajstić information content (AvgIpc) is 3.13. The van der Waals surface area contributed by atoms with Crippen molar-refractivity contribution in [3.8, 4) is 11.5 Å². The first-order valence-corrected chi connectivity index (χ1v) is 9.38. The maximum atomic E-state index is 5.90. The number of H-pyrrole nitrogens is 1. The minimum absolute atomic E-state index is 0.694. The largest absolute Gasteiger partial charge is 0.457 e. The van der Waals surface area contributed by atoms with Crippen molar-refractivity contribution in [2.45, 2.75) is 6.54 Å². The lowest BCUT2D eigenvalue weighted by Gasteiger charge is -2.09. The summed E-state index contributed by atoms with van der Waals surface area (Å²) in [6.45, 7) is 0.724. The lowest BCUT2D eigenvalue weighted by atomic mass is 10.2. The third-order valence-corrected chi connectivity index (χ3v) is 4.61. The Morgan fingerprint density at radius 3 is 2.32 bits per heavy atom. The summed E-state index contributed by atoms with van der Waals surface area (Å²) in [5, 5.41) is 4.14. The van der Waals surface area contributed by atoms with Crippen LogP contribution in [-0.2, 0) is 6.54 Å². The fourth-order valence-corrected chi connectivity index (χ4v) is 2.96. The van der Waals surface area contributed by atoms with Gasteiger partial charge in [0.15, 0.2) is 0 Å². The van der Waals surface area contributed by atoms with Crippen LogP contribution in [0.2, 0.25) is 5.02 Å². The van der Waals surface area contributed by atoms with E-state index >= 15 is 0 Å². The van der Waals surface area contributed by atoms with Crippen molar-refractivity contribution < 1.29 is 4.74 Å². The van der Waals surface area contributed by atoms with Crippen LogP contribution in [0.4, 0.5) is 11.6 Å². The van der Waals surface area contributed by atoms with E-state index in [0.29, 0.717) is 5.02 Å². The van der Waals surface area contributed by atoms with Crippen LogP contribution in [0.1, 0.15) is 5.56 Å². The van der Waals surface area contributed by atoms with E-state index in [1.807, 2.05) is 67.5 Å². The molecule has 0 fully saturated rings. The van der Waals surface area contributed by atoms with E-state index in [-0.39, 0.29) is 0 Å². The van der Waals surface area contributed by atoms with Crippen molar-refractivity contribution in [1.29, 1.82) is 0 Å². The highest BCUT2D eigenvalue weighted by atomic mass is 35.5. The van der Waals surface area contributed by atoms with Crippen molar-refractivity contribution in [2.75, 3.05) is 24.3 Å². The molecule has 6 heteroatoms. The number of hydrogen-bond donors (Lipinski definition) is 2. The fraction of sp³-hybridized carbons (Fsp3) is 0.136. The van der Waals surface area contributed by atoms with Gasteiger partial charge < -0.3 is 19.9 Å². The third-order valence-electron chi connectivity index (χ3n) is 4.36. The summed E-state index contributed by atoms with van der Waals surface area (Å²) < 4.78 is 5.83. The molecule has 4 aromatic rings. The van der Waals surface area contributed by atoms with Crippen LogP contribution < -0.4 is 15.0 Å². The predicted molar refractivity (Wildman–Crippen MR) is 116 cm³/mol. The van der Waals surface area contributed by atoms with Crippen LogP contribution in [0.25, 0.3) is 11.0 Å². The number of halogens is 1. The number of aromatic amines is 1. The molecule has 0 saturated heterocycles. The molecule has 0 unspecified atom stereocenters. The highest BCUT2D eigenvalue weighted by Gasteiger charge is 2.05. The Balaban J connectivity index is 1.39. The summed E-state index contributed by atoms with van der Waals surface area (Å²) in [5.74, 6) is 2.41. The number of rotatable bonds is 6.